The summed E-state index contributed by atoms with van der Waals surface area (Å²) in [6.45, 7) is 6.61. The van der Waals surface area contributed by atoms with E-state index in [2.05, 4.69) is 24.8 Å². The van der Waals surface area contributed by atoms with E-state index in [9.17, 15) is 0 Å². The molecule has 0 bridgehead atoms. The quantitative estimate of drug-likeness (QED) is 0.619. The second-order valence-electron chi connectivity index (χ2n) is 5.41. The minimum absolute atomic E-state index is 0.164. The summed E-state index contributed by atoms with van der Waals surface area (Å²) >= 11 is 0. The van der Waals surface area contributed by atoms with Crippen molar-refractivity contribution in [1.29, 1.82) is 5.41 Å². The first-order valence-corrected chi connectivity index (χ1v) is 6.18. The fourth-order valence-electron chi connectivity index (χ4n) is 2.58. The number of nitrogen functional groups attached to an aromatic ring is 1. The molecule has 1 aliphatic rings. The van der Waals surface area contributed by atoms with Crippen LogP contribution < -0.4 is 5.73 Å². The van der Waals surface area contributed by atoms with E-state index < -0.39 is 0 Å². The van der Waals surface area contributed by atoms with Gasteiger partial charge in [-0.05, 0) is 38.8 Å². The van der Waals surface area contributed by atoms with Crippen LogP contribution in [0.4, 0.5) is 0 Å². The molecule has 1 aromatic rings. The normalized spacial score (nSPS) is 19.4. The van der Waals surface area contributed by atoms with Gasteiger partial charge in [-0.2, -0.15) is 0 Å². The second-order valence-corrected chi connectivity index (χ2v) is 5.41. The fourth-order valence-corrected chi connectivity index (χ4v) is 2.58. The molecule has 0 amide bonds. The zero-order chi connectivity index (χ0) is 12.5. The van der Waals surface area contributed by atoms with Crippen molar-refractivity contribution in [3.05, 3.63) is 35.4 Å². The number of benzene rings is 1. The summed E-state index contributed by atoms with van der Waals surface area (Å²) in [5, 5.41) is 7.61. The van der Waals surface area contributed by atoms with E-state index >= 15 is 0 Å². The topological polar surface area (TPSA) is 53.1 Å². The lowest BCUT2D eigenvalue weighted by atomic mass is 10.0. The summed E-state index contributed by atoms with van der Waals surface area (Å²) in [5.74, 6) is 0.164. The van der Waals surface area contributed by atoms with Crippen LogP contribution in [0.25, 0.3) is 0 Å². The van der Waals surface area contributed by atoms with Crippen LogP contribution >= 0.6 is 0 Å². The van der Waals surface area contributed by atoms with E-state index in [0.717, 1.165) is 24.2 Å². The Kier molecular flexibility index (Phi) is 3.20. The van der Waals surface area contributed by atoms with Crippen molar-refractivity contribution in [2.24, 2.45) is 5.73 Å². The van der Waals surface area contributed by atoms with Gasteiger partial charge in [-0.15, -0.1) is 0 Å². The average molecular weight is 231 g/mol. The number of rotatable bonds is 3. The van der Waals surface area contributed by atoms with E-state index in [-0.39, 0.29) is 11.4 Å². The third kappa shape index (κ3) is 2.50. The Balaban J connectivity index is 2.21. The molecule has 1 fully saturated rings. The summed E-state index contributed by atoms with van der Waals surface area (Å²) in [7, 11) is 0. The van der Waals surface area contributed by atoms with Crippen LogP contribution in [0.1, 0.15) is 37.8 Å². The van der Waals surface area contributed by atoms with Gasteiger partial charge < -0.3 is 5.73 Å². The molecule has 3 heteroatoms. The van der Waals surface area contributed by atoms with Crippen molar-refractivity contribution in [3.63, 3.8) is 0 Å². The van der Waals surface area contributed by atoms with Crippen LogP contribution in [0.15, 0.2) is 24.3 Å². The molecular formula is C14H21N3. The molecule has 1 saturated heterocycles. The summed E-state index contributed by atoms with van der Waals surface area (Å²) in [6, 6.07) is 7.96. The minimum atomic E-state index is 0.164. The van der Waals surface area contributed by atoms with E-state index in [1.54, 1.807) is 0 Å². The SMILES string of the molecule is CC1(C)CCCN1Cc1ccccc1C(=N)N. The van der Waals surface area contributed by atoms with Crippen molar-refractivity contribution in [1.82, 2.24) is 4.90 Å². The molecule has 2 rings (SSSR count). The summed E-state index contributed by atoms with van der Waals surface area (Å²) < 4.78 is 0. The van der Waals surface area contributed by atoms with Gasteiger partial charge in [0.1, 0.15) is 5.84 Å². The molecule has 0 unspecified atom stereocenters. The second kappa shape index (κ2) is 4.49. The van der Waals surface area contributed by atoms with Crippen LogP contribution in [0.5, 0.6) is 0 Å². The van der Waals surface area contributed by atoms with E-state index in [1.165, 1.54) is 12.8 Å². The Bertz CT molecular complexity index is 423. The molecular weight excluding hydrogens is 210 g/mol. The molecule has 0 aliphatic carbocycles. The lowest BCUT2D eigenvalue weighted by molar-refractivity contribution is 0.166. The van der Waals surface area contributed by atoms with Crippen molar-refractivity contribution in [2.75, 3.05) is 6.54 Å². The maximum absolute atomic E-state index is 7.61. The van der Waals surface area contributed by atoms with Gasteiger partial charge in [-0.1, -0.05) is 24.3 Å². The standard InChI is InChI=1S/C14H21N3/c1-14(2)8-5-9-17(14)10-11-6-3-4-7-12(11)13(15)16/h3-4,6-7H,5,8-10H2,1-2H3,(H3,15,16). The Labute approximate surface area is 103 Å². The number of hydrogen-bond acceptors (Lipinski definition) is 2. The number of likely N-dealkylation sites (tertiary alicyclic amines) is 1. The van der Waals surface area contributed by atoms with Crippen LogP contribution in [-0.2, 0) is 6.54 Å². The average Bonchev–Trinajstić information content (AvgIpc) is 2.59. The first-order chi connectivity index (χ1) is 8.00. The van der Waals surface area contributed by atoms with Crippen molar-refractivity contribution in [2.45, 2.75) is 38.8 Å². The van der Waals surface area contributed by atoms with Gasteiger partial charge in [-0.3, -0.25) is 10.3 Å². The highest BCUT2D eigenvalue weighted by Gasteiger charge is 2.31. The van der Waals surface area contributed by atoms with Crippen molar-refractivity contribution >= 4 is 5.84 Å². The summed E-state index contributed by atoms with van der Waals surface area (Å²) in [5.41, 5.74) is 7.92. The molecule has 0 aromatic heterocycles. The molecule has 0 spiro atoms. The van der Waals surface area contributed by atoms with Crippen LogP contribution in [0.3, 0.4) is 0 Å². The number of nitrogens with zero attached hydrogens (tertiary/aromatic N) is 1. The minimum Gasteiger partial charge on any atom is -0.384 e. The molecule has 1 heterocycles. The molecule has 1 aromatic carbocycles. The van der Waals surface area contributed by atoms with Crippen LogP contribution in [-0.4, -0.2) is 22.8 Å². The first kappa shape index (κ1) is 12.1. The molecule has 1 aliphatic heterocycles. The van der Waals surface area contributed by atoms with Crippen LogP contribution in [0, 0.1) is 5.41 Å². The Hall–Kier alpha value is -1.35. The number of nitrogens with two attached hydrogens (primary N) is 1. The third-order valence-electron chi connectivity index (χ3n) is 3.74. The van der Waals surface area contributed by atoms with Gasteiger partial charge in [0.2, 0.25) is 0 Å². The third-order valence-corrected chi connectivity index (χ3v) is 3.74. The Morgan fingerprint density at radius 1 is 1.41 bits per heavy atom. The summed E-state index contributed by atoms with van der Waals surface area (Å²) in [6.07, 6.45) is 2.50. The van der Waals surface area contributed by atoms with Gasteiger partial charge in [-0.25, -0.2) is 0 Å². The molecule has 3 N–H and O–H groups in total. The lowest BCUT2D eigenvalue weighted by Gasteiger charge is -2.32. The smallest absolute Gasteiger partial charge is 0.123 e. The first-order valence-electron chi connectivity index (χ1n) is 6.18. The highest BCUT2D eigenvalue weighted by atomic mass is 15.2. The largest absolute Gasteiger partial charge is 0.384 e. The molecule has 0 radical (unpaired) electrons. The lowest BCUT2D eigenvalue weighted by Crippen LogP contribution is -2.37. The number of nitrogens with one attached hydrogen (secondary N) is 1. The monoisotopic (exact) mass is 231 g/mol. The molecule has 3 nitrogen and oxygen atoms in total. The highest BCUT2D eigenvalue weighted by Crippen LogP contribution is 2.30. The fraction of sp³-hybridized carbons (Fsp3) is 0.500. The van der Waals surface area contributed by atoms with Crippen molar-refractivity contribution in [3.8, 4) is 0 Å². The predicted molar refractivity (Wildman–Crippen MR) is 71.2 cm³/mol. The van der Waals surface area contributed by atoms with E-state index in [1.807, 2.05) is 18.2 Å². The molecule has 0 atom stereocenters. The van der Waals surface area contributed by atoms with Gasteiger partial charge in [0.05, 0.1) is 0 Å². The van der Waals surface area contributed by atoms with E-state index in [4.69, 9.17) is 11.1 Å². The maximum atomic E-state index is 7.61. The van der Waals surface area contributed by atoms with Gasteiger partial charge in [0.25, 0.3) is 0 Å². The number of hydrogen-bond donors (Lipinski definition) is 2. The molecule has 92 valence electrons. The Morgan fingerprint density at radius 2 is 2.12 bits per heavy atom. The maximum Gasteiger partial charge on any atom is 0.123 e. The van der Waals surface area contributed by atoms with Crippen LogP contribution in [0.2, 0.25) is 0 Å². The van der Waals surface area contributed by atoms with Gasteiger partial charge in [0.15, 0.2) is 0 Å². The zero-order valence-corrected chi connectivity index (χ0v) is 10.7. The Morgan fingerprint density at radius 3 is 2.71 bits per heavy atom. The van der Waals surface area contributed by atoms with Crippen molar-refractivity contribution < 1.29 is 0 Å². The zero-order valence-electron chi connectivity index (χ0n) is 10.7. The summed E-state index contributed by atoms with van der Waals surface area (Å²) in [4.78, 5) is 2.48. The van der Waals surface area contributed by atoms with E-state index in [0.29, 0.717) is 0 Å². The molecule has 17 heavy (non-hydrogen) atoms. The predicted octanol–water partition coefficient (Wildman–Crippen LogP) is 2.35. The van der Waals surface area contributed by atoms with Gasteiger partial charge in [0, 0.05) is 17.6 Å². The number of amidine groups is 1. The molecule has 0 saturated carbocycles. The highest BCUT2D eigenvalue weighted by molar-refractivity contribution is 5.96. The van der Waals surface area contributed by atoms with Gasteiger partial charge >= 0.3 is 0 Å².